The van der Waals surface area contributed by atoms with Gasteiger partial charge >= 0.3 is 0 Å². The maximum atomic E-state index is 4.15. The minimum absolute atomic E-state index is 1.05. The van der Waals surface area contributed by atoms with Gasteiger partial charge in [0.2, 0.25) is 0 Å². The minimum Gasteiger partial charge on any atom is -0.353 e. The molecule has 80 valence electrons. The number of aromatic nitrogens is 2. The summed E-state index contributed by atoms with van der Waals surface area (Å²) in [5.41, 5.74) is 3.75. The molecule has 0 fully saturated rings. The van der Waals surface area contributed by atoms with E-state index < -0.39 is 0 Å². The van der Waals surface area contributed by atoms with Gasteiger partial charge in [-0.3, -0.25) is 4.98 Å². The van der Waals surface area contributed by atoms with E-state index in [0.717, 1.165) is 11.9 Å². The van der Waals surface area contributed by atoms with Crippen molar-refractivity contribution in [3.63, 3.8) is 0 Å². The van der Waals surface area contributed by atoms with Crippen LogP contribution < -0.4 is 0 Å². The van der Waals surface area contributed by atoms with Gasteiger partial charge in [0.15, 0.2) is 0 Å². The van der Waals surface area contributed by atoms with Gasteiger partial charge in [0.25, 0.3) is 0 Å². The molecule has 0 saturated carbocycles. The van der Waals surface area contributed by atoms with Gasteiger partial charge in [-0.25, -0.2) is 0 Å². The first-order valence-corrected chi connectivity index (χ1v) is 6.41. The van der Waals surface area contributed by atoms with Crippen LogP contribution in [0, 0.1) is 3.57 Å². The van der Waals surface area contributed by atoms with Gasteiger partial charge < -0.3 is 4.98 Å². The topological polar surface area (TPSA) is 28.7 Å². The Morgan fingerprint density at radius 1 is 1.31 bits per heavy atom. The predicted molar refractivity (Wildman–Crippen MR) is 75.7 cm³/mol. The number of halogens is 1. The number of aryl methyl sites for hydroxylation is 1. The van der Waals surface area contributed by atoms with E-state index in [9.17, 15) is 0 Å². The quantitative estimate of drug-likeness (QED) is 0.677. The van der Waals surface area contributed by atoms with Crippen LogP contribution in [0.3, 0.4) is 0 Å². The Bertz CT molecular complexity index is 670. The van der Waals surface area contributed by atoms with Gasteiger partial charge in [-0.05, 0) is 52.8 Å². The zero-order valence-electron chi connectivity index (χ0n) is 8.92. The summed E-state index contributed by atoms with van der Waals surface area (Å²) in [6.07, 6.45) is 4.79. The number of H-pyrrole nitrogens is 1. The molecular formula is C13H11IN2. The van der Waals surface area contributed by atoms with Crippen molar-refractivity contribution in [1.29, 1.82) is 0 Å². The summed E-state index contributed by atoms with van der Waals surface area (Å²) in [6.45, 7) is 2.19. The Labute approximate surface area is 107 Å². The van der Waals surface area contributed by atoms with Crippen LogP contribution in [-0.2, 0) is 6.42 Å². The molecule has 2 heterocycles. The van der Waals surface area contributed by atoms with Crippen molar-refractivity contribution in [2.24, 2.45) is 0 Å². The molecule has 0 aliphatic carbocycles. The molecule has 0 bridgehead atoms. The number of benzene rings is 1. The van der Waals surface area contributed by atoms with Crippen molar-refractivity contribution in [3.05, 3.63) is 39.7 Å². The fourth-order valence-electron chi connectivity index (χ4n) is 2.17. The van der Waals surface area contributed by atoms with E-state index in [-0.39, 0.29) is 0 Å². The first-order chi connectivity index (χ1) is 7.79. The Balaban J connectivity index is 2.54. The third kappa shape index (κ3) is 1.42. The van der Waals surface area contributed by atoms with Gasteiger partial charge in [-0.1, -0.05) is 6.92 Å². The molecule has 0 amide bonds. The molecule has 1 aromatic carbocycles. The van der Waals surface area contributed by atoms with E-state index in [4.69, 9.17) is 0 Å². The highest BCUT2D eigenvalue weighted by molar-refractivity contribution is 14.1. The van der Waals surface area contributed by atoms with Crippen molar-refractivity contribution in [1.82, 2.24) is 9.97 Å². The molecule has 3 aromatic rings. The number of nitrogens with zero attached hydrogens (tertiary/aromatic N) is 1. The smallest absolute Gasteiger partial charge is 0.0651 e. The van der Waals surface area contributed by atoms with E-state index in [1.807, 2.05) is 12.4 Å². The summed E-state index contributed by atoms with van der Waals surface area (Å²) in [4.78, 5) is 7.61. The van der Waals surface area contributed by atoms with Crippen molar-refractivity contribution in [2.75, 3.05) is 0 Å². The fourth-order valence-corrected chi connectivity index (χ4v) is 2.85. The third-order valence-electron chi connectivity index (χ3n) is 2.94. The van der Waals surface area contributed by atoms with Gasteiger partial charge in [0.1, 0.15) is 0 Å². The summed E-state index contributed by atoms with van der Waals surface area (Å²) in [6, 6.07) is 6.54. The largest absolute Gasteiger partial charge is 0.353 e. The molecule has 2 aromatic heterocycles. The van der Waals surface area contributed by atoms with Crippen LogP contribution in [0.1, 0.15) is 12.5 Å². The van der Waals surface area contributed by atoms with Crippen LogP contribution in [0.5, 0.6) is 0 Å². The summed E-state index contributed by atoms with van der Waals surface area (Å²) in [7, 11) is 0. The lowest BCUT2D eigenvalue weighted by Gasteiger charge is -2.00. The first kappa shape index (κ1) is 10.1. The molecule has 3 heteroatoms. The standard InChI is InChI=1S/C13H11IN2/c1-2-8-5-9(14)6-11-10-3-4-15-7-12(10)16-13(8)11/h3-7,16H,2H2,1H3. The maximum absolute atomic E-state index is 4.15. The van der Waals surface area contributed by atoms with Crippen molar-refractivity contribution in [3.8, 4) is 0 Å². The Morgan fingerprint density at radius 3 is 3.00 bits per heavy atom. The highest BCUT2D eigenvalue weighted by Crippen LogP contribution is 2.29. The molecule has 3 rings (SSSR count). The van der Waals surface area contributed by atoms with E-state index >= 15 is 0 Å². The molecule has 1 N–H and O–H groups in total. The lowest BCUT2D eigenvalue weighted by Crippen LogP contribution is -1.84. The summed E-state index contributed by atoms with van der Waals surface area (Å²) < 4.78 is 1.29. The molecule has 0 aliphatic rings. The van der Waals surface area contributed by atoms with Crippen molar-refractivity contribution < 1.29 is 0 Å². The lowest BCUT2D eigenvalue weighted by molar-refractivity contribution is 1.15. The average Bonchev–Trinajstić information content (AvgIpc) is 2.67. The van der Waals surface area contributed by atoms with E-state index in [2.05, 4.69) is 57.7 Å². The highest BCUT2D eigenvalue weighted by Gasteiger charge is 2.08. The summed E-state index contributed by atoms with van der Waals surface area (Å²) in [5, 5.41) is 2.57. The van der Waals surface area contributed by atoms with Gasteiger partial charge in [-0.15, -0.1) is 0 Å². The molecule has 2 nitrogen and oxygen atoms in total. The van der Waals surface area contributed by atoms with Crippen LogP contribution in [0.2, 0.25) is 0 Å². The molecule has 16 heavy (non-hydrogen) atoms. The molecular weight excluding hydrogens is 311 g/mol. The summed E-state index contributed by atoms with van der Waals surface area (Å²) in [5.74, 6) is 0. The van der Waals surface area contributed by atoms with Crippen LogP contribution in [0.15, 0.2) is 30.6 Å². The Hall–Kier alpha value is -1.10. The normalized spacial score (nSPS) is 11.4. The molecule has 0 saturated heterocycles. The number of fused-ring (bicyclic) bond motifs is 3. The Morgan fingerprint density at radius 2 is 2.19 bits per heavy atom. The SMILES string of the molecule is CCc1cc(I)cc2c1[nH]c1cnccc12. The second-order valence-electron chi connectivity index (χ2n) is 3.89. The number of pyridine rings is 1. The van der Waals surface area contributed by atoms with E-state index in [1.165, 1.54) is 25.4 Å². The van der Waals surface area contributed by atoms with Gasteiger partial charge in [0.05, 0.1) is 11.7 Å². The number of rotatable bonds is 1. The van der Waals surface area contributed by atoms with Crippen LogP contribution in [0.4, 0.5) is 0 Å². The van der Waals surface area contributed by atoms with E-state index in [0.29, 0.717) is 0 Å². The van der Waals surface area contributed by atoms with Crippen molar-refractivity contribution in [2.45, 2.75) is 13.3 Å². The highest BCUT2D eigenvalue weighted by atomic mass is 127. The van der Waals surface area contributed by atoms with Crippen molar-refractivity contribution >= 4 is 44.4 Å². The fraction of sp³-hybridized carbons (Fsp3) is 0.154. The maximum Gasteiger partial charge on any atom is 0.0651 e. The first-order valence-electron chi connectivity index (χ1n) is 5.33. The minimum atomic E-state index is 1.05. The van der Waals surface area contributed by atoms with Crippen LogP contribution in [-0.4, -0.2) is 9.97 Å². The number of hydrogen-bond donors (Lipinski definition) is 1. The van der Waals surface area contributed by atoms with E-state index in [1.54, 1.807) is 0 Å². The lowest BCUT2D eigenvalue weighted by atomic mass is 10.1. The second kappa shape index (κ2) is 3.73. The molecule has 0 atom stereocenters. The molecule has 0 unspecified atom stereocenters. The van der Waals surface area contributed by atoms with Crippen LogP contribution in [0.25, 0.3) is 21.8 Å². The monoisotopic (exact) mass is 322 g/mol. The third-order valence-corrected chi connectivity index (χ3v) is 3.56. The van der Waals surface area contributed by atoms with Crippen LogP contribution >= 0.6 is 22.6 Å². The zero-order valence-corrected chi connectivity index (χ0v) is 11.1. The van der Waals surface area contributed by atoms with Gasteiger partial charge in [-0.2, -0.15) is 0 Å². The Kier molecular flexibility index (Phi) is 2.35. The number of nitrogens with one attached hydrogen (secondary N) is 1. The second-order valence-corrected chi connectivity index (χ2v) is 5.13. The van der Waals surface area contributed by atoms with Gasteiger partial charge in [0, 0.05) is 26.1 Å². The number of hydrogen-bond acceptors (Lipinski definition) is 1. The predicted octanol–water partition coefficient (Wildman–Crippen LogP) is 3.88. The zero-order chi connectivity index (χ0) is 11.1. The molecule has 0 aliphatic heterocycles. The summed E-state index contributed by atoms with van der Waals surface area (Å²) >= 11 is 2.38. The molecule has 0 radical (unpaired) electrons. The average molecular weight is 322 g/mol. The number of aromatic amines is 1. The molecule has 0 spiro atoms.